The smallest absolute Gasteiger partial charge is 0.220 e. The van der Waals surface area contributed by atoms with Gasteiger partial charge in [-0.15, -0.1) is 0 Å². The summed E-state index contributed by atoms with van der Waals surface area (Å²) in [6, 6.07) is 10.1. The molecule has 1 unspecified atom stereocenters. The Morgan fingerprint density at radius 1 is 1.43 bits per heavy atom. The predicted octanol–water partition coefficient (Wildman–Crippen LogP) is 2.50. The van der Waals surface area contributed by atoms with Crippen LogP contribution in [0.25, 0.3) is 0 Å². The summed E-state index contributed by atoms with van der Waals surface area (Å²) in [6.45, 7) is 3.06. The lowest BCUT2D eigenvalue weighted by atomic mass is 9.81. The molecule has 1 fully saturated rings. The van der Waals surface area contributed by atoms with Gasteiger partial charge in [-0.2, -0.15) is 5.26 Å². The molecule has 1 aliphatic rings. The lowest BCUT2D eigenvalue weighted by molar-refractivity contribution is -0.122. The third-order valence-electron chi connectivity index (χ3n) is 4.48. The lowest BCUT2D eigenvalue weighted by Gasteiger charge is -2.28. The van der Waals surface area contributed by atoms with Gasteiger partial charge in [0, 0.05) is 12.0 Å². The molecule has 1 aromatic rings. The number of primary amides is 1. The fourth-order valence-electron chi connectivity index (χ4n) is 2.99. The topological polar surface area (TPSA) is 78.9 Å². The molecule has 112 valence electrons. The molecule has 4 heteroatoms. The van der Waals surface area contributed by atoms with Crippen molar-refractivity contribution in [2.75, 3.05) is 6.54 Å². The number of nitrogens with two attached hydrogens (primary N) is 1. The quantitative estimate of drug-likeness (QED) is 0.872. The highest BCUT2D eigenvalue weighted by Crippen LogP contribution is 2.28. The fraction of sp³-hybridized carbons (Fsp3) is 0.529. The van der Waals surface area contributed by atoms with Crippen molar-refractivity contribution in [1.82, 2.24) is 5.32 Å². The Labute approximate surface area is 126 Å². The third-order valence-corrected chi connectivity index (χ3v) is 4.48. The van der Waals surface area contributed by atoms with E-state index in [0.29, 0.717) is 11.5 Å². The van der Waals surface area contributed by atoms with Crippen molar-refractivity contribution < 1.29 is 4.79 Å². The van der Waals surface area contributed by atoms with Crippen LogP contribution in [-0.2, 0) is 4.79 Å². The van der Waals surface area contributed by atoms with Crippen LogP contribution in [0.4, 0.5) is 0 Å². The van der Waals surface area contributed by atoms with E-state index in [1.807, 2.05) is 24.3 Å². The number of benzene rings is 1. The summed E-state index contributed by atoms with van der Waals surface area (Å²) in [5.74, 6) is 0.538. The normalized spacial score (nSPS) is 23.2. The van der Waals surface area contributed by atoms with Crippen molar-refractivity contribution >= 4 is 5.91 Å². The minimum Gasteiger partial charge on any atom is -0.369 e. The highest BCUT2D eigenvalue weighted by Gasteiger charge is 2.24. The van der Waals surface area contributed by atoms with Gasteiger partial charge < -0.3 is 11.1 Å². The highest BCUT2D eigenvalue weighted by atomic mass is 16.1. The molecule has 3 N–H and O–H groups in total. The van der Waals surface area contributed by atoms with E-state index in [1.54, 1.807) is 0 Å². The molecule has 4 nitrogen and oxygen atoms in total. The van der Waals surface area contributed by atoms with Crippen molar-refractivity contribution in [2.24, 2.45) is 17.6 Å². The number of nitriles is 1. The van der Waals surface area contributed by atoms with Crippen LogP contribution in [0.15, 0.2) is 24.3 Å². The Balaban J connectivity index is 1.81. The van der Waals surface area contributed by atoms with Gasteiger partial charge in [0.25, 0.3) is 0 Å². The Morgan fingerprint density at radius 2 is 2.14 bits per heavy atom. The molecule has 21 heavy (non-hydrogen) atoms. The molecule has 0 radical (unpaired) electrons. The van der Waals surface area contributed by atoms with Crippen LogP contribution in [-0.4, -0.2) is 12.5 Å². The summed E-state index contributed by atoms with van der Waals surface area (Å²) in [6.07, 6.45) is 3.96. The molecule has 1 aromatic carbocycles. The second kappa shape index (κ2) is 7.24. The molecule has 0 heterocycles. The van der Waals surface area contributed by atoms with Crippen molar-refractivity contribution in [3.63, 3.8) is 0 Å². The average molecular weight is 285 g/mol. The highest BCUT2D eigenvalue weighted by molar-refractivity contribution is 5.76. The maximum atomic E-state index is 11.2. The monoisotopic (exact) mass is 285 g/mol. The molecular formula is C17H23N3O. The van der Waals surface area contributed by atoms with Crippen molar-refractivity contribution in [1.29, 1.82) is 5.26 Å². The first-order valence-electron chi connectivity index (χ1n) is 7.63. The van der Waals surface area contributed by atoms with Crippen LogP contribution < -0.4 is 11.1 Å². The van der Waals surface area contributed by atoms with E-state index in [4.69, 9.17) is 11.0 Å². The first kappa shape index (κ1) is 15.5. The Bertz CT molecular complexity index is 527. The van der Waals surface area contributed by atoms with E-state index in [0.717, 1.165) is 37.8 Å². The number of hydrogen-bond donors (Lipinski definition) is 2. The maximum absolute atomic E-state index is 11.2. The van der Waals surface area contributed by atoms with Crippen LogP contribution in [0.1, 0.15) is 49.8 Å². The summed E-state index contributed by atoms with van der Waals surface area (Å²) in [5.41, 5.74) is 7.19. The van der Waals surface area contributed by atoms with Crippen LogP contribution in [0.5, 0.6) is 0 Å². The van der Waals surface area contributed by atoms with E-state index < -0.39 is 0 Å². The van der Waals surface area contributed by atoms with Gasteiger partial charge in [-0.3, -0.25) is 4.79 Å². The predicted molar refractivity (Wildman–Crippen MR) is 82.2 cm³/mol. The van der Waals surface area contributed by atoms with E-state index in [1.165, 1.54) is 0 Å². The third kappa shape index (κ3) is 4.30. The van der Waals surface area contributed by atoms with Crippen LogP contribution in [0.2, 0.25) is 0 Å². The van der Waals surface area contributed by atoms with Gasteiger partial charge >= 0.3 is 0 Å². The van der Waals surface area contributed by atoms with E-state index in [2.05, 4.69) is 18.3 Å². The molecule has 0 aliphatic heterocycles. The molecule has 2 rings (SSSR count). The van der Waals surface area contributed by atoms with E-state index in [-0.39, 0.29) is 17.9 Å². The van der Waals surface area contributed by atoms with Crippen molar-refractivity contribution in [3.05, 3.63) is 35.4 Å². The summed E-state index contributed by atoms with van der Waals surface area (Å²) < 4.78 is 0. The second-order valence-corrected chi connectivity index (χ2v) is 5.99. The molecule has 0 aromatic heterocycles. The summed E-state index contributed by atoms with van der Waals surface area (Å²) in [7, 11) is 0. The van der Waals surface area contributed by atoms with Gasteiger partial charge in [-0.25, -0.2) is 0 Å². The first-order chi connectivity index (χ1) is 10.1. The zero-order valence-corrected chi connectivity index (χ0v) is 12.5. The van der Waals surface area contributed by atoms with Gasteiger partial charge in [0.15, 0.2) is 0 Å². The number of nitrogens with one attached hydrogen (secondary N) is 1. The molecule has 1 amide bonds. The summed E-state index contributed by atoms with van der Waals surface area (Å²) in [4.78, 5) is 11.2. The zero-order valence-electron chi connectivity index (χ0n) is 12.5. The van der Waals surface area contributed by atoms with Crippen molar-refractivity contribution in [3.8, 4) is 6.07 Å². The summed E-state index contributed by atoms with van der Waals surface area (Å²) in [5, 5.41) is 12.5. The van der Waals surface area contributed by atoms with E-state index >= 15 is 0 Å². The molecule has 0 bridgehead atoms. The van der Waals surface area contributed by atoms with Gasteiger partial charge in [-0.05, 0) is 62.8 Å². The SMILES string of the molecule is CC(NCC1CCC(C(N)=O)CC1)c1cccc(C#N)c1. The molecular weight excluding hydrogens is 262 g/mol. The van der Waals surface area contributed by atoms with Gasteiger partial charge in [-0.1, -0.05) is 12.1 Å². The first-order valence-corrected chi connectivity index (χ1v) is 7.63. The summed E-state index contributed by atoms with van der Waals surface area (Å²) >= 11 is 0. The molecule has 0 spiro atoms. The number of nitrogens with zero attached hydrogens (tertiary/aromatic N) is 1. The molecule has 1 saturated carbocycles. The number of rotatable bonds is 5. The van der Waals surface area contributed by atoms with Crippen LogP contribution >= 0.6 is 0 Å². The standard InChI is InChI=1S/C17H23N3O/c1-12(16-4-2-3-14(9-16)10-18)20-11-13-5-7-15(8-6-13)17(19)21/h2-4,9,12-13,15,20H,5-8,11H2,1H3,(H2,19,21). The van der Waals surface area contributed by atoms with E-state index in [9.17, 15) is 4.79 Å². The van der Waals surface area contributed by atoms with Gasteiger partial charge in [0.05, 0.1) is 11.6 Å². The molecule has 1 atom stereocenters. The minimum atomic E-state index is -0.150. The van der Waals surface area contributed by atoms with Gasteiger partial charge in [0.1, 0.15) is 0 Å². The van der Waals surface area contributed by atoms with Crippen molar-refractivity contribution in [2.45, 2.75) is 38.6 Å². The zero-order chi connectivity index (χ0) is 15.2. The largest absolute Gasteiger partial charge is 0.369 e. The number of hydrogen-bond acceptors (Lipinski definition) is 3. The Kier molecular flexibility index (Phi) is 5.35. The van der Waals surface area contributed by atoms with Gasteiger partial charge in [0.2, 0.25) is 5.91 Å². The minimum absolute atomic E-state index is 0.0750. The molecule has 0 saturated heterocycles. The Hall–Kier alpha value is -1.86. The fourth-order valence-corrected chi connectivity index (χ4v) is 2.99. The van der Waals surface area contributed by atoms with Crippen LogP contribution in [0.3, 0.4) is 0 Å². The Morgan fingerprint density at radius 3 is 2.76 bits per heavy atom. The maximum Gasteiger partial charge on any atom is 0.220 e. The average Bonchev–Trinajstić information content (AvgIpc) is 2.53. The van der Waals surface area contributed by atoms with Crippen LogP contribution in [0, 0.1) is 23.2 Å². The number of amides is 1. The number of carbonyl (C=O) groups is 1. The molecule has 1 aliphatic carbocycles. The number of carbonyl (C=O) groups excluding carboxylic acids is 1. The second-order valence-electron chi connectivity index (χ2n) is 5.99. The lowest BCUT2D eigenvalue weighted by Crippen LogP contribution is -2.32.